The van der Waals surface area contributed by atoms with Gasteiger partial charge in [0.05, 0.1) is 0 Å². The lowest BCUT2D eigenvalue weighted by atomic mass is 10.2. The minimum atomic E-state index is -0.419. The Kier molecular flexibility index (Phi) is 2.67. The Morgan fingerprint density at radius 1 is 1.72 bits per heavy atom. The van der Waals surface area contributed by atoms with Crippen LogP contribution in [0.15, 0.2) is 11.6 Å². The fourth-order valence-corrected chi connectivity index (χ4v) is 2.68. The summed E-state index contributed by atoms with van der Waals surface area (Å²) >= 11 is 1.37. The monoisotopic (exact) mass is 267 g/mol. The van der Waals surface area contributed by atoms with Gasteiger partial charge < -0.3 is 21.2 Å². The smallest absolute Gasteiger partial charge is 0.361 e. The number of hydrogen-bond donors (Lipinski definition) is 2. The number of anilines is 1. The van der Waals surface area contributed by atoms with Crippen LogP contribution in [0.4, 0.5) is 11.6 Å². The fraction of sp³-hybridized carbons (Fsp3) is 0.500. The Labute approximate surface area is 107 Å². The molecule has 2 heterocycles. The highest BCUT2D eigenvalue weighted by atomic mass is 32.1. The second-order valence-electron chi connectivity index (χ2n) is 4.48. The van der Waals surface area contributed by atoms with Gasteiger partial charge in [-0.15, -0.1) is 0 Å². The average Bonchev–Trinajstić information content (AvgIpc) is 2.97. The van der Waals surface area contributed by atoms with Gasteiger partial charge in [-0.2, -0.15) is 9.38 Å². The van der Waals surface area contributed by atoms with Crippen molar-refractivity contribution >= 4 is 27.9 Å². The molecule has 0 saturated heterocycles. The van der Waals surface area contributed by atoms with Crippen LogP contribution in [0.3, 0.4) is 0 Å². The van der Waals surface area contributed by atoms with E-state index in [1.807, 2.05) is 0 Å². The first-order valence-corrected chi connectivity index (χ1v) is 6.64. The molecule has 96 valence electrons. The molecule has 2 aromatic rings. The molecule has 0 radical (unpaired) electrons. The van der Waals surface area contributed by atoms with Crippen molar-refractivity contribution in [3.63, 3.8) is 0 Å². The van der Waals surface area contributed by atoms with E-state index in [0.717, 1.165) is 12.8 Å². The van der Waals surface area contributed by atoms with Crippen LogP contribution in [0.1, 0.15) is 12.8 Å². The molecule has 1 aliphatic carbocycles. The summed E-state index contributed by atoms with van der Waals surface area (Å²) in [5.41, 5.74) is 5.96. The molecular formula is C10H13N5O2S. The molecule has 8 heteroatoms. The van der Waals surface area contributed by atoms with E-state index in [4.69, 9.17) is 5.73 Å². The van der Waals surface area contributed by atoms with Crippen LogP contribution >= 0.6 is 11.3 Å². The van der Waals surface area contributed by atoms with Crippen LogP contribution in [-0.4, -0.2) is 26.9 Å². The van der Waals surface area contributed by atoms with E-state index in [0.29, 0.717) is 23.2 Å². The zero-order valence-corrected chi connectivity index (χ0v) is 10.4. The summed E-state index contributed by atoms with van der Waals surface area (Å²) in [6.45, 7) is 0.524. The first-order chi connectivity index (χ1) is 8.66. The number of fused-ring (bicyclic) bond motifs is 1. The maximum atomic E-state index is 11.1. The number of nitrogens with zero attached hydrogens (tertiary/aromatic N) is 3. The SMILES string of the molecule is NC(CNc1nc2sccn2c1[N+](=O)[O-])C1CC1. The highest BCUT2D eigenvalue weighted by molar-refractivity contribution is 7.15. The molecule has 2 aromatic heterocycles. The van der Waals surface area contributed by atoms with Gasteiger partial charge >= 0.3 is 5.82 Å². The minimum Gasteiger partial charge on any atom is -0.361 e. The molecule has 0 bridgehead atoms. The van der Waals surface area contributed by atoms with Crippen LogP contribution < -0.4 is 11.1 Å². The van der Waals surface area contributed by atoms with Gasteiger partial charge in [-0.3, -0.25) is 0 Å². The van der Waals surface area contributed by atoms with Crippen molar-refractivity contribution in [1.82, 2.24) is 9.38 Å². The Morgan fingerprint density at radius 2 is 2.50 bits per heavy atom. The van der Waals surface area contributed by atoms with Crippen molar-refractivity contribution in [2.45, 2.75) is 18.9 Å². The average molecular weight is 267 g/mol. The zero-order chi connectivity index (χ0) is 12.7. The molecule has 0 amide bonds. The van der Waals surface area contributed by atoms with Gasteiger partial charge in [0.15, 0.2) is 0 Å². The molecule has 1 fully saturated rings. The van der Waals surface area contributed by atoms with Gasteiger partial charge in [0.2, 0.25) is 5.82 Å². The van der Waals surface area contributed by atoms with Crippen molar-refractivity contribution in [3.8, 4) is 0 Å². The van der Waals surface area contributed by atoms with Crippen LogP contribution in [-0.2, 0) is 0 Å². The van der Waals surface area contributed by atoms with E-state index in [9.17, 15) is 10.1 Å². The van der Waals surface area contributed by atoms with Gasteiger partial charge in [0.25, 0.3) is 4.96 Å². The summed E-state index contributed by atoms with van der Waals surface area (Å²) in [6.07, 6.45) is 3.96. The second kappa shape index (κ2) is 4.21. The Bertz CT molecular complexity index is 588. The fourth-order valence-electron chi connectivity index (χ4n) is 1.97. The number of nitro groups is 1. The molecule has 0 aliphatic heterocycles. The Morgan fingerprint density at radius 3 is 3.17 bits per heavy atom. The largest absolute Gasteiger partial charge is 0.372 e. The van der Waals surface area contributed by atoms with E-state index in [2.05, 4.69) is 10.3 Å². The summed E-state index contributed by atoms with van der Waals surface area (Å²) in [6, 6.07) is 0.0457. The summed E-state index contributed by atoms with van der Waals surface area (Å²) in [5, 5.41) is 15.8. The molecule has 0 spiro atoms. The maximum absolute atomic E-state index is 11.1. The Hall–Kier alpha value is -1.67. The number of nitrogens with two attached hydrogens (primary N) is 1. The first kappa shape index (κ1) is 11.4. The molecule has 1 atom stereocenters. The maximum Gasteiger partial charge on any atom is 0.372 e. The van der Waals surface area contributed by atoms with Crippen molar-refractivity contribution in [2.24, 2.45) is 11.7 Å². The quantitative estimate of drug-likeness (QED) is 0.631. The lowest BCUT2D eigenvalue weighted by molar-refractivity contribution is -0.389. The molecule has 1 unspecified atom stereocenters. The van der Waals surface area contributed by atoms with E-state index in [1.165, 1.54) is 15.7 Å². The molecule has 3 N–H and O–H groups in total. The normalized spacial score (nSPS) is 16.9. The number of nitrogens with one attached hydrogen (secondary N) is 1. The van der Waals surface area contributed by atoms with Gasteiger partial charge in [0, 0.05) is 18.0 Å². The molecule has 1 aliphatic rings. The predicted octanol–water partition coefficient (Wildman–Crippen LogP) is 1.45. The minimum absolute atomic E-state index is 0.0192. The van der Waals surface area contributed by atoms with Crippen LogP contribution in [0.2, 0.25) is 0 Å². The van der Waals surface area contributed by atoms with Gasteiger partial charge in [0.1, 0.15) is 6.20 Å². The molecule has 0 aromatic carbocycles. The van der Waals surface area contributed by atoms with Crippen LogP contribution in [0.5, 0.6) is 0 Å². The first-order valence-electron chi connectivity index (χ1n) is 5.76. The third-order valence-corrected chi connectivity index (χ3v) is 3.90. The van der Waals surface area contributed by atoms with E-state index in [-0.39, 0.29) is 11.9 Å². The van der Waals surface area contributed by atoms with E-state index < -0.39 is 4.92 Å². The Balaban J connectivity index is 1.83. The highest BCUT2D eigenvalue weighted by Crippen LogP contribution is 2.32. The summed E-state index contributed by atoms with van der Waals surface area (Å²) in [5.74, 6) is 0.845. The molecule has 3 rings (SSSR count). The lowest BCUT2D eigenvalue weighted by Crippen LogP contribution is -2.31. The second-order valence-corrected chi connectivity index (χ2v) is 5.35. The predicted molar refractivity (Wildman–Crippen MR) is 68.9 cm³/mol. The third-order valence-electron chi connectivity index (χ3n) is 3.14. The summed E-state index contributed by atoms with van der Waals surface area (Å²) in [4.78, 5) is 15.5. The number of aromatic nitrogens is 2. The van der Waals surface area contributed by atoms with Crippen molar-refractivity contribution in [2.75, 3.05) is 11.9 Å². The standard InChI is InChI=1S/C10H13N5O2S/c11-7(6-1-2-6)5-12-8-9(15(16)17)14-3-4-18-10(14)13-8/h3-4,6-7,12H,1-2,5,11H2. The van der Waals surface area contributed by atoms with E-state index >= 15 is 0 Å². The lowest BCUT2D eigenvalue weighted by Gasteiger charge is -2.10. The summed E-state index contributed by atoms with van der Waals surface area (Å²) in [7, 11) is 0. The van der Waals surface area contributed by atoms with Crippen molar-refractivity contribution < 1.29 is 4.92 Å². The summed E-state index contributed by atoms with van der Waals surface area (Å²) < 4.78 is 1.48. The topological polar surface area (TPSA) is 98.5 Å². The molecule has 1 saturated carbocycles. The van der Waals surface area contributed by atoms with Gasteiger partial charge in [-0.25, -0.2) is 0 Å². The van der Waals surface area contributed by atoms with E-state index in [1.54, 1.807) is 11.6 Å². The zero-order valence-electron chi connectivity index (χ0n) is 9.57. The third kappa shape index (κ3) is 1.93. The van der Waals surface area contributed by atoms with Gasteiger partial charge in [-0.05, 0) is 23.7 Å². The molecular weight excluding hydrogens is 254 g/mol. The highest BCUT2D eigenvalue weighted by Gasteiger charge is 2.29. The number of rotatable bonds is 5. The molecule has 18 heavy (non-hydrogen) atoms. The number of hydrogen-bond acceptors (Lipinski definition) is 6. The van der Waals surface area contributed by atoms with Crippen LogP contribution in [0.25, 0.3) is 4.96 Å². The molecule has 7 nitrogen and oxygen atoms in total. The van der Waals surface area contributed by atoms with Crippen molar-refractivity contribution in [1.29, 1.82) is 0 Å². The van der Waals surface area contributed by atoms with Gasteiger partial charge in [-0.1, -0.05) is 11.3 Å². The number of thiazole rings is 1. The van der Waals surface area contributed by atoms with Crippen LogP contribution in [0, 0.1) is 16.0 Å². The van der Waals surface area contributed by atoms with Crippen molar-refractivity contribution in [3.05, 3.63) is 21.7 Å². The number of imidazole rings is 1.